The van der Waals surface area contributed by atoms with E-state index in [0.717, 1.165) is 6.20 Å². The SMILES string of the molecule is CC(=N/C=C(\C=C\n1c(C)cc(OCc2ncc(F)cc2F)c(Cl)c1=O)n1cccc(C(C)(C)O)c1=O)[C@H](C)O. The summed E-state index contributed by atoms with van der Waals surface area (Å²) >= 11 is 6.25. The van der Waals surface area contributed by atoms with Gasteiger partial charge in [-0.1, -0.05) is 11.6 Å². The average molecular weight is 575 g/mol. The van der Waals surface area contributed by atoms with Gasteiger partial charge in [0.05, 0.1) is 29.8 Å². The number of aromatic nitrogens is 3. The van der Waals surface area contributed by atoms with Crippen LogP contribution in [0.1, 0.15) is 44.6 Å². The smallest absolute Gasteiger partial charge is 0.277 e. The average Bonchev–Trinajstić information content (AvgIpc) is 2.87. The van der Waals surface area contributed by atoms with Gasteiger partial charge < -0.3 is 14.9 Å². The fourth-order valence-electron chi connectivity index (χ4n) is 3.45. The van der Waals surface area contributed by atoms with Gasteiger partial charge in [-0.05, 0) is 52.8 Å². The molecule has 40 heavy (non-hydrogen) atoms. The minimum absolute atomic E-state index is 0.0265. The summed E-state index contributed by atoms with van der Waals surface area (Å²) in [6.07, 6.45) is 5.64. The van der Waals surface area contributed by atoms with E-state index in [-0.39, 0.29) is 27.7 Å². The molecule has 0 amide bonds. The second kappa shape index (κ2) is 12.5. The molecule has 1 atom stereocenters. The zero-order valence-corrected chi connectivity index (χ0v) is 23.3. The number of pyridine rings is 3. The standard InChI is InChI=1S/C28H29ClF2N4O5/c1-16-11-24(40-15-23-22(31)12-19(30)13-33-23)25(29)27(38)34(16)10-8-20(14-32-17(2)18(3)36)35-9-6-7-21(26(35)37)28(4,5)39/h6-14,18,36,39H,15H2,1-5H3/b10-8+,20-14+,32-17?/t18-/m0/s1. The third-order valence-corrected chi connectivity index (χ3v) is 6.22. The lowest BCUT2D eigenvalue weighted by Gasteiger charge is -2.18. The number of halogens is 3. The van der Waals surface area contributed by atoms with E-state index < -0.39 is 41.1 Å². The molecule has 0 saturated heterocycles. The number of hydrogen-bond acceptors (Lipinski definition) is 7. The van der Waals surface area contributed by atoms with Gasteiger partial charge in [-0.25, -0.2) is 8.78 Å². The van der Waals surface area contributed by atoms with Crippen LogP contribution in [0.25, 0.3) is 11.9 Å². The predicted octanol–water partition coefficient (Wildman–Crippen LogP) is 4.26. The second-order valence-electron chi connectivity index (χ2n) is 9.48. The zero-order valence-electron chi connectivity index (χ0n) is 22.5. The van der Waals surface area contributed by atoms with E-state index in [1.807, 2.05) is 0 Å². The number of aliphatic imine (C=N–C) groups is 1. The molecule has 212 valence electrons. The first-order valence-electron chi connectivity index (χ1n) is 12.1. The first kappa shape index (κ1) is 30.6. The van der Waals surface area contributed by atoms with Crippen LogP contribution in [-0.2, 0) is 12.2 Å². The highest BCUT2D eigenvalue weighted by molar-refractivity contribution is 6.31. The van der Waals surface area contributed by atoms with E-state index in [1.54, 1.807) is 26.8 Å². The number of aliphatic hydroxyl groups excluding tert-OH is 1. The Balaban J connectivity index is 2.03. The number of aryl methyl sites for hydroxylation is 1. The lowest BCUT2D eigenvalue weighted by molar-refractivity contribution is 0.0768. The molecule has 2 N–H and O–H groups in total. The van der Waals surface area contributed by atoms with E-state index in [2.05, 4.69) is 9.98 Å². The molecule has 3 aromatic rings. The van der Waals surface area contributed by atoms with Gasteiger partial charge in [-0.15, -0.1) is 0 Å². The van der Waals surface area contributed by atoms with Crippen molar-refractivity contribution in [2.24, 2.45) is 4.99 Å². The van der Waals surface area contributed by atoms with Crippen LogP contribution in [0.15, 0.2) is 63.5 Å². The van der Waals surface area contributed by atoms with Gasteiger partial charge in [0.2, 0.25) is 0 Å². The van der Waals surface area contributed by atoms with Crippen LogP contribution < -0.4 is 15.9 Å². The quantitative estimate of drug-likeness (QED) is 0.291. The van der Waals surface area contributed by atoms with Gasteiger partial charge in [0.15, 0.2) is 5.82 Å². The van der Waals surface area contributed by atoms with Crippen LogP contribution in [0.2, 0.25) is 5.02 Å². The van der Waals surface area contributed by atoms with Crippen LogP contribution >= 0.6 is 11.6 Å². The maximum Gasteiger partial charge on any atom is 0.277 e. The molecule has 0 aromatic carbocycles. The van der Waals surface area contributed by atoms with Gasteiger partial charge in [0.1, 0.15) is 28.9 Å². The molecule has 9 nitrogen and oxygen atoms in total. The van der Waals surface area contributed by atoms with Gasteiger partial charge >= 0.3 is 0 Å². The lowest BCUT2D eigenvalue weighted by Crippen LogP contribution is -2.31. The van der Waals surface area contributed by atoms with Gasteiger partial charge in [0, 0.05) is 41.5 Å². The first-order chi connectivity index (χ1) is 18.7. The number of allylic oxidation sites excluding steroid dienone is 2. The van der Waals surface area contributed by atoms with Crippen molar-refractivity contribution < 1.29 is 23.7 Å². The van der Waals surface area contributed by atoms with Gasteiger partial charge in [0.25, 0.3) is 11.1 Å². The Morgan fingerprint density at radius 1 is 1.27 bits per heavy atom. The minimum atomic E-state index is -1.42. The highest BCUT2D eigenvalue weighted by Crippen LogP contribution is 2.24. The van der Waals surface area contributed by atoms with Crippen LogP contribution in [0.4, 0.5) is 8.78 Å². The largest absolute Gasteiger partial charge is 0.485 e. The van der Waals surface area contributed by atoms with Crippen LogP contribution in [0, 0.1) is 18.6 Å². The Bertz CT molecular complexity index is 1620. The molecular weight excluding hydrogens is 546 g/mol. The number of rotatable bonds is 9. The van der Waals surface area contributed by atoms with E-state index in [9.17, 15) is 28.6 Å². The molecule has 0 aliphatic heterocycles. The molecule has 3 rings (SSSR count). The maximum absolute atomic E-state index is 13.9. The van der Waals surface area contributed by atoms with Crippen LogP contribution in [0.5, 0.6) is 5.75 Å². The molecule has 0 spiro atoms. The third-order valence-electron chi connectivity index (χ3n) is 5.88. The summed E-state index contributed by atoms with van der Waals surface area (Å²) in [6.45, 7) is 7.33. The first-order valence-corrected chi connectivity index (χ1v) is 12.5. The summed E-state index contributed by atoms with van der Waals surface area (Å²) in [7, 11) is 0. The van der Waals surface area contributed by atoms with Crippen LogP contribution in [0.3, 0.4) is 0 Å². The minimum Gasteiger partial charge on any atom is -0.485 e. The highest BCUT2D eigenvalue weighted by atomic mass is 35.5. The Morgan fingerprint density at radius 3 is 2.60 bits per heavy atom. The van der Waals surface area contributed by atoms with E-state index in [4.69, 9.17) is 16.3 Å². The lowest BCUT2D eigenvalue weighted by atomic mass is 10.0. The van der Waals surface area contributed by atoms with E-state index in [0.29, 0.717) is 17.5 Å². The Labute approximate surface area is 234 Å². The summed E-state index contributed by atoms with van der Waals surface area (Å²) in [5.41, 5.74) is -1.65. The maximum atomic E-state index is 13.9. The number of nitrogens with zero attached hydrogens (tertiary/aromatic N) is 4. The normalized spacial score (nSPS) is 13.7. The second-order valence-corrected chi connectivity index (χ2v) is 9.86. The molecule has 0 aliphatic rings. The van der Waals surface area contributed by atoms with E-state index in [1.165, 1.54) is 59.8 Å². The van der Waals surface area contributed by atoms with Crippen LogP contribution in [-0.4, -0.2) is 36.1 Å². The molecule has 0 unspecified atom stereocenters. The summed E-state index contributed by atoms with van der Waals surface area (Å²) in [4.78, 5) is 34.1. The molecule has 12 heteroatoms. The summed E-state index contributed by atoms with van der Waals surface area (Å²) < 4.78 is 35.0. The molecule has 3 aromatic heterocycles. The van der Waals surface area contributed by atoms with E-state index >= 15 is 0 Å². The van der Waals surface area contributed by atoms with Crippen molar-refractivity contribution in [2.45, 2.75) is 52.9 Å². The monoisotopic (exact) mass is 574 g/mol. The van der Waals surface area contributed by atoms with Crippen molar-refractivity contribution in [2.75, 3.05) is 0 Å². The molecule has 0 radical (unpaired) electrons. The zero-order chi connectivity index (χ0) is 29.8. The Hall–Kier alpha value is -3.93. The number of hydrogen-bond donors (Lipinski definition) is 2. The number of aliphatic hydroxyl groups is 2. The molecule has 3 heterocycles. The Kier molecular flexibility index (Phi) is 9.56. The molecule has 0 bridgehead atoms. The Morgan fingerprint density at radius 2 is 1.98 bits per heavy atom. The van der Waals surface area contributed by atoms with Crippen molar-refractivity contribution in [3.8, 4) is 5.75 Å². The van der Waals surface area contributed by atoms with Gasteiger partial charge in [-0.2, -0.15) is 0 Å². The van der Waals surface area contributed by atoms with Crippen molar-refractivity contribution in [1.29, 1.82) is 0 Å². The molecule has 0 saturated carbocycles. The van der Waals surface area contributed by atoms with Crippen molar-refractivity contribution >= 4 is 29.2 Å². The third kappa shape index (κ3) is 7.17. The van der Waals surface area contributed by atoms with Crippen molar-refractivity contribution in [3.63, 3.8) is 0 Å². The van der Waals surface area contributed by atoms with Crippen molar-refractivity contribution in [1.82, 2.24) is 14.1 Å². The highest BCUT2D eigenvalue weighted by Gasteiger charge is 2.21. The summed E-state index contributed by atoms with van der Waals surface area (Å²) in [5, 5.41) is 19.9. The predicted molar refractivity (Wildman–Crippen MR) is 149 cm³/mol. The fraction of sp³-hybridized carbons (Fsp3) is 0.286. The molecule has 0 fully saturated rings. The molecule has 0 aliphatic carbocycles. The fourth-order valence-corrected chi connectivity index (χ4v) is 3.65. The topological polar surface area (TPSA) is 119 Å². The van der Waals surface area contributed by atoms with Gasteiger partial charge in [-0.3, -0.25) is 28.7 Å². The summed E-state index contributed by atoms with van der Waals surface area (Å²) in [6, 6.07) is 5.21. The molecular formula is C28H29ClF2N4O5. The number of ether oxygens (including phenoxy) is 1. The summed E-state index contributed by atoms with van der Waals surface area (Å²) in [5.74, 6) is -1.76. The van der Waals surface area contributed by atoms with Crippen molar-refractivity contribution in [3.05, 3.63) is 103 Å².